The molecule has 1 N–H and O–H groups in total. The summed E-state index contributed by atoms with van der Waals surface area (Å²) in [6.45, 7) is 0. The summed E-state index contributed by atoms with van der Waals surface area (Å²) < 4.78 is 0. The monoisotopic (exact) mass is 170 g/mol. The average Bonchev–Trinajstić information content (AvgIpc) is 1.92. The number of carbonyl (C=O) groups is 1. The van der Waals surface area contributed by atoms with Crippen LogP contribution in [0.2, 0.25) is 0 Å². The fourth-order valence-corrected chi connectivity index (χ4v) is 1.67. The number of carboxylic acids is 1. The second kappa shape index (κ2) is 5.18. The standard InChI is InChI=1S/C10H18O2/c11-10(12)8-3-1-2-5-9-6-4-7-9/h9H,1-8H2,(H,11,12). The first-order chi connectivity index (χ1) is 5.79. The van der Waals surface area contributed by atoms with Crippen LogP contribution in [0.4, 0.5) is 0 Å². The van der Waals surface area contributed by atoms with Gasteiger partial charge in [0.05, 0.1) is 0 Å². The van der Waals surface area contributed by atoms with Crippen molar-refractivity contribution in [1.29, 1.82) is 0 Å². The van der Waals surface area contributed by atoms with Gasteiger partial charge in [-0.1, -0.05) is 38.5 Å². The maximum Gasteiger partial charge on any atom is 0.303 e. The van der Waals surface area contributed by atoms with Crippen LogP contribution >= 0.6 is 0 Å². The van der Waals surface area contributed by atoms with Gasteiger partial charge in [0.1, 0.15) is 0 Å². The van der Waals surface area contributed by atoms with Crippen molar-refractivity contribution in [3.05, 3.63) is 0 Å². The number of carboxylic acid groups (broad SMARTS) is 1. The molecule has 1 fully saturated rings. The molecular formula is C10H18O2. The van der Waals surface area contributed by atoms with Crippen molar-refractivity contribution in [2.24, 2.45) is 5.92 Å². The zero-order valence-corrected chi connectivity index (χ0v) is 7.59. The highest BCUT2D eigenvalue weighted by Gasteiger charge is 2.15. The first kappa shape index (κ1) is 9.56. The summed E-state index contributed by atoms with van der Waals surface area (Å²) in [7, 11) is 0. The van der Waals surface area contributed by atoms with Gasteiger partial charge in [-0.15, -0.1) is 0 Å². The molecule has 12 heavy (non-hydrogen) atoms. The summed E-state index contributed by atoms with van der Waals surface area (Å²) in [6, 6.07) is 0. The van der Waals surface area contributed by atoms with Gasteiger partial charge in [0.2, 0.25) is 0 Å². The molecule has 0 spiro atoms. The van der Waals surface area contributed by atoms with Gasteiger partial charge in [0.25, 0.3) is 0 Å². The van der Waals surface area contributed by atoms with E-state index in [9.17, 15) is 4.79 Å². The molecular weight excluding hydrogens is 152 g/mol. The summed E-state index contributed by atoms with van der Waals surface area (Å²) in [5, 5.41) is 8.38. The zero-order chi connectivity index (χ0) is 8.81. The third kappa shape index (κ3) is 3.74. The maximum absolute atomic E-state index is 10.2. The molecule has 0 atom stereocenters. The van der Waals surface area contributed by atoms with E-state index in [0.717, 1.165) is 18.8 Å². The minimum absolute atomic E-state index is 0.352. The van der Waals surface area contributed by atoms with Gasteiger partial charge in [-0.2, -0.15) is 0 Å². The quantitative estimate of drug-likeness (QED) is 0.622. The van der Waals surface area contributed by atoms with Gasteiger partial charge in [-0.3, -0.25) is 4.79 Å². The zero-order valence-electron chi connectivity index (χ0n) is 7.59. The fraction of sp³-hybridized carbons (Fsp3) is 0.900. The number of aliphatic carboxylic acids is 1. The molecule has 0 saturated heterocycles. The van der Waals surface area contributed by atoms with E-state index in [0.29, 0.717) is 6.42 Å². The molecule has 0 aromatic heterocycles. The van der Waals surface area contributed by atoms with Gasteiger partial charge in [0.15, 0.2) is 0 Å². The van der Waals surface area contributed by atoms with Crippen LogP contribution in [0.15, 0.2) is 0 Å². The molecule has 0 aromatic carbocycles. The molecule has 0 radical (unpaired) electrons. The third-order valence-corrected chi connectivity index (χ3v) is 2.73. The topological polar surface area (TPSA) is 37.3 Å². The SMILES string of the molecule is O=C(O)CCCCCC1CCC1. The van der Waals surface area contributed by atoms with Crippen LogP contribution in [0.5, 0.6) is 0 Å². The van der Waals surface area contributed by atoms with Crippen LogP contribution in [0, 0.1) is 5.92 Å². The Bertz CT molecular complexity index is 139. The van der Waals surface area contributed by atoms with E-state index in [1.54, 1.807) is 0 Å². The first-order valence-corrected chi connectivity index (χ1v) is 5.01. The second-order valence-electron chi connectivity index (χ2n) is 3.79. The molecule has 1 rings (SSSR count). The lowest BCUT2D eigenvalue weighted by molar-refractivity contribution is -0.137. The summed E-state index contributed by atoms with van der Waals surface area (Å²) in [5.41, 5.74) is 0. The molecule has 0 amide bonds. The highest BCUT2D eigenvalue weighted by Crippen LogP contribution is 2.30. The Hall–Kier alpha value is -0.530. The van der Waals surface area contributed by atoms with Crippen molar-refractivity contribution in [2.45, 2.75) is 51.4 Å². The van der Waals surface area contributed by atoms with E-state index in [2.05, 4.69) is 0 Å². The number of hydrogen-bond acceptors (Lipinski definition) is 1. The van der Waals surface area contributed by atoms with Crippen molar-refractivity contribution in [1.82, 2.24) is 0 Å². The molecule has 1 aliphatic carbocycles. The summed E-state index contributed by atoms with van der Waals surface area (Å²) in [4.78, 5) is 10.2. The smallest absolute Gasteiger partial charge is 0.303 e. The largest absolute Gasteiger partial charge is 0.481 e. The van der Waals surface area contributed by atoms with Gasteiger partial charge < -0.3 is 5.11 Å². The van der Waals surface area contributed by atoms with Gasteiger partial charge in [-0.25, -0.2) is 0 Å². The molecule has 0 heterocycles. The van der Waals surface area contributed by atoms with Crippen molar-refractivity contribution in [3.63, 3.8) is 0 Å². The Morgan fingerprint density at radius 1 is 1.25 bits per heavy atom. The van der Waals surface area contributed by atoms with Gasteiger partial charge in [-0.05, 0) is 12.3 Å². The Morgan fingerprint density at radius 3 is 2.50 bits per heavy atom. The van der Waals surface area contributed by atoms with Crippen LogP contribution in [0.1, 0.15) is 51.4 Å². The highest BCUT2D eigenvalue weighted by atomic mass is 16.4. The van der Waals surface area contributed by atoms with Crippen molar-refractivity contribution < 1.29 is 9.90 Å². The lowest BCUT2D eigenvalue weighted by Gasteiger charge is -2.24. The molecule has 2 nitrogen and oxygen atoms in total. The van der Waals surface area contributed by atoms with Crippen LogP contribution < -0.4 is 0 Å². The van der Waals surface area contributed by atoms with Gasteiger partial charge >= 0.3 is 5.97 Å². The van der Waals surface area contributed by atoms with E-state index < -0.39 is 5.97 Å². The predicted octanol–water partition coefficient (Wildman–Crippen LogP) is 2.82. The van der Waals surface area contributed by atoms with Crippen LogP contribution in [-0.2, 0) is 4.79 Å². The summed E-state index contributed by atoms with van der Waals surface area (Å²) in [6.07, 6.45) is 9.13. The van der Waals surface area contributed by atoms with Crippen molar-refractivity contribution in [2.75, 3.05) is 0 Å². The number of unbranched alkanes of at least 4 members (excludes halogenated alkanes) is 2. The van der Waals surface area contributed by atoms with E-state index in [4.69, 9.17) is 5.11 Å². The molecule has 0 aliphatic heterocycles. The molecule has 2 heteroatoms. The van der Waals surface area contributed by atoms with Gasteiger partial charge in [0, 0.05) is 6.42 Å². The molecule has 1 saturated carbocycles. The summed E-state index contributed by atoms with van der Waals surface area (Å²) in [5.74, 6) is 0.327. The van der Waals surface area contributed by atoms with Crippen LogP contribution in [0.3, 0.4) is 0 Å². The van der Waals surface area contributed by atoms with Crippen molar-refractivity contribution in [3.8, 4) is 0 Å². The summed E-state index contributed by atoms with van der Waals surface area (Å²) >= 11 is 0. The maximum atomic E-state index is 10.2. The average molecular weight is 170 g/mol. The van der Waals surface area contributed by atoms with E-state index in [1.807, 2.05) is 0 Å². The highest BCUT2D eigenvalue weighted by molar-refractivity contribution is 5.66. The third-order valence-electron chi connectivity index (χ3n) is 2.73. The Balaban J connectivity index is 1.79. The van der Waals surface area contributed by atoms with E-state index in [-0.39, 0.29) is 0 Å². The Morgan fingerprint density at radius 2 is 2.00 bits per heavy atom. The number of hydrogen-bond donors (Lipinski definition) is 1. The lowest BCUT2D eigenvalue weighted by Crippen LogP contribution is -2.10. The normalized spacial score (nSPS) is 17.3. The molecule has 0 unspecified atom stereocenters. The minimum Gasteiger partial charge on any atom is -0.481 e. The first-order valence-electron chi connectivity index (χ1n) is 5.01. The molecule has 0 bridgehead atoms. The molecule has 70 valence electrons. The van der Waals surface area contributed by atoms with Crippen LogP contribution in [-0.4, -0.2) is 11.1 Å². The Labute approximate surface area is 74.0 Å². The fourth-order valence-electron chi connectivity index (χ4n) is 1.67. The lowest BCUT2D eigenvalue weighted by atomic mass is 9.82. The molecule has 0 aromatic rings. The number of rotatable bonds is 6. The van der Waals surface area contributed by atoms with Crippen molar-refractivity contribution >= 4 is 5.97 Å². The van der Waals surface area contributed by atoms with E-state index >= 15 is 0 Å². The minimum atomic E-state index is -0.654. The predicted molar refractivity (Wildman–Crippen MR) is 48.1 cm³/mol. The van der Waals surface area contributed by atoms with Crippen LogP contribution in [0.25, 0.3) is 0 Å². The van der Waals surface area contributed by atoms with E-state index in [1.165, 1.54) is 32.1 Å². The second-order valence-corrected chi connectivity index (χ2v) is 3.79. The molecule has 1 aliphatic rings. The Kier molecular flexibility index (Phi) is 4.12.